The molecule has 1 aromatic carbocycles. The monoisotopic (exact) mass is 271 g/mol. The quantitative estimate of drug-likeness (QED) is 0.898. The molecule has 20 heavy (non-hydrogen) atoms. The summed E-state index contributed by atoms with van der Waals surface area (Å²) in [5.41, 5.74) is 2.64. The first-order valence-corrected chi connectivity index (χ1v) is 6.89. The molecule has 1 aromatic rings. The number of rotatable bonds is 2. The van der Waals surface area contributed by atoms with Crippen molar-refractivity contribution in [1.29, 1.82) is 0 Å². The summed E-state index contributed by atoms with van der Waals surface area (Å²) in [6.07, 6.45) is 2.55. The second-order valence-electron chi connectivity index (χ2n) is 5.25. The average molecular weight is 271 g/mol. The first-order valence-electron chi connectivity index (χ1n) is 6.89. The topological polar surface area (TPSA) is 55.4 Å². The largest absolute Gasteiger partial charge is 0.497 e. The molecule has 4 nitrogen and oxygen atoms in total. The summed E-state index contributed by atoms with van der Waals surface area (Å²) in [4.78, 5) is 24.1. The summed E-state index contributed by atoms with van der Waals surface area (Å²) in [7, 11) is 1.62. The van der Waals surface area contributed by atoms with Gasteiger partial charge in [-0.1, -0.05) is 12.1 Å². The van der Waals surface area contributed by atoms with Crippen LogP contribution in [-0.4, -0.2) is 18.8 Å². The molecule has 1 atom stereocenters. The van der Waals surface area contributed by atoms with Crippen molar-refractivity contribution in [1.82, 2.24) is 5.32 Å². The Morgan fingerprint density at radius 2 is 1.90 bits per heavy atom. The zero-order valence-electron chi connectivity index (χ0n) is 11.4. The van der Waals surface area contributed by atoms with Crippen LogP contribution in [-0.2, 0) is 9.59 Å². The molecular weight excluding hydrogens is 254 g/mol. The van der Waals surface area contributed by atoms with E-state index in [0.717, 1.165) is 35.4 Å². The zero-order chi connectivity index (χ0) is 14.1. The number of ketones is 1. The molecule has 1 heterocycles. The predicted octanol–water partition coefficient (Wildman–Crippen LogP) is 2.31. The van der Waals surface area contributed by atoms with E-state index >= 15 is 0 Å². The van der Waals surface area contributed by atoms with Gasteiger partial charge in [0.15, 0.2) is 5.78 Å². The molecule has 0 aromatic heterocycles. The highest BCUT2D eigenvalue weighted by molar-refractivity contribution is 6.01. The van der Waals surface area contributed by atoms with Crippen molar-refractivity contribution in [3.63, 3.8) is 0 Å². The molecule has 1 amide bonds. The predicted molar refractivity (Wildman–Crippen MR) is 74.4 cm³/mol. The lowest BCUT2D eigenvalue weighted by Crippen LogP contribution is -2.36. The summed E-state index contributed by atoms with van der Waals surface area (Å²) in [5, 5.41) is 2.87. The van der Waals surface area contributed by atoms with Crippen LogP contribution in [0.25, 0.3) is 0 Å². The lowest BCUT2D eigenvalue weighted by atomic mass is 9.78. The molecule has 0 unspecified atom stereocenters. The van der Waals surface area contributed by atoms with E-state index < -0.39 is 0 Å². The summed E-state index contributed by atoms with van der Waals surface area (Å²) in [5.74, 6) is 0.835. The van der Waals surface area contributed by atoms with E-state index in [4.69, 9.17) is 4.74 Å². The summed E-state index contributed by atoms with van der Waals surface area (Å²) in [6.45, 7) is 0. The van der Waals surface area contributed by atoms with Gasteiger partial charge < -0.3 is 10.1 Å². The number of hydrogen-bond acceptors (Lipinski definition) is 3. The van der Waals surface area contributed by atoms with Crippen LogP contribution in [0.3, 0.4) is 0 Å². The molecule has 0 spiro atoms. The number of allylic oxidation sites excluding steroid dienone is 2. The SMILES string of the molecule is COc1ccc([C@H]2CC(=O)NC3=C2C(=O)CCC3)cc1. The number of ether oxygens (including phenoxy) is 1. The second-order valence-corrected chi connectivity index (χ2v) is 5.25. The van der Waals surface area contributed by atoms with E-state index in [1.54, 1.807) is 7.11 Å². The maximum Gasteiger partial charge on any atom is 0.225 e. The number of benzene rings is 1. The third-order valence-electron chi connectivity index (χ3n) is 4.00. The maximum atomic E-state index is 12.2. The lowest BCUT2D eigenvalue weighted by molar-refractivity contribution is -0.122. The van der Waals surface area contributed by atoms with Crippen molar-refractivity contribution in [3.05, 3.63) is 41.1 Å². The third kappa shape index (κ3) is 2.22. The number of hydrogen-bond donors (Lipinski definition) is 1. The van der Waals surface area contributed by atoms with Crippen LogP contribution in [0, 0.1) is 0 Å². The van der Waals surface area contributed by atoms with Crippen molar-refractivity contribution in [2.75, 3.05) is 7.11 Å². The molecule has 1 N–H and O–H groups in total. The Bertz CT molecular complexity index is 586. The third-order valence-corrected chi connectivity index (χ3v) is 4.00. The first kappa shape index (κ1) is 12.9. The zero-order valence-corrected chi connectivity index (χ0v) is 11.4. The first-order chi connectivity index (χ1) is 9.69. The fourth-order valence-corrected chi connectivity index (χ4v) is 3.03. The van der Waals surface area contributed by atoms with Crippen LogP contribution in [0.15, 0.2) is 35.5 Å². The van der Waals surface area contributed by atoms with Gasteiger partial charge in [0.25, 0.3) is 0 Å². The van der Waals surface area contributed by atoms with E-state index in [9.17, 15) is 9.59 Å². The van der Waals surface area contributed by atoms with E-state index in [-0.39, 0.29) is 17.6 Å². The van der Waals surface area contributed by atoms with Crippen LogP contribution < -0.4 is 10.1 Å². The summed E-state index contributed by atoms with van der Waals surface area (Å²) in [6, 6.07) is 7.62. The number of carbonyl (C=O) groups is 2. The highest BCUT2D eigenvalue weighted by Gasteiger charge is 2.34. The second kappa shape index (κ2) is 5.12. The number of methoxy groups -OCH3 is 1. The molecule has 104 valence electrons. The normalized spacial score (nSPS) is 22.4. The highest BCUT2D eigenvalue weighted by atomic mass is 16.5. The number of amides is 1. The summed E-state index contributed by atoms with van der Waals surface area (Å²) < 4.78 is 5.15. The Balaban J connectivity index is 2.01. The lowest BCUT2D eigenvalue weighted by Gasteiger charge is -2.31. The molecule has 3 rings (SSSR count). The molecule has 0 fully saturated rings. The van der Waals surface area contributed by atoms with Crippen molar-refractivity contribution >= 4 is 11.7 Å². The maximum absolute atomic E-state index is 12.2. The van der Waals surface area contributed by atoms with Gasteiger partial charge in [-0.15, -0.1) is 0 Å². The van der Waals surface area contributed by atoms with Crippen molar-refractivity contribution in [2.45, 2.75) is 31.6 Å². The molecule has 2 aliphatic rings. The minimum atomic E-state index is -0.113. The molecular formula is C16H17NO3. The molecule has 0 saturated heterocycles. The van der Waals surface area contributed by atoms with E-state index in [0.29, 0.717) is 12.8 Å². The number of Topliss-reactive ketones (excluding diaryl/α,β-unsaturated/α-hetero) is 1. The van der Waals surface area contributed by atoms with E-state index in [1.807, 2.05) is 24.3 Å². The van der Waals surface area contributed by atoms with Gasteiger partial charge in [0, 0.05) is 30.0 Å². The molecule has 1 aliphatic heterocycles. The Labute approximate surface area is 117 Å². The van der Waals surface area contributed by atoms with Gasteiger partial charge in [0.2, 0.25) is 5.91 Å². The van der Waals surface area contributed by atoms with Gasteiger partial charge in [-0.2, -0.15) is 0 Å². The standard InChI is InChI=1S/C16H17NO3/c1-20-11-7-5-10(6-8-11)12-9-15(19)17-13-3-2-4-14(18)16(12)13/h5-8,12H,2-4,9H2,1H3,(H,17,19)/t12-/m1/s1. The van der Waals surface area contributed by atoms with Crippen LogP contribution in [0.2, 0.25) is 0 Å². The van der Waals surface area contributed by atoms with Gasteiger partial charge in [-0.3, -0.25) is 9.59 Å². The van der Waals surface area contributed by atoms with E-state index in [1.165, 1.54) is 0 Å². The Kier molecular flexibility index (Phi) is 3.30. The van der Waals surface area contributed by atoms with Gasteiger partial charge in [-0.25, -0.2) is 0 Å². The molecule has 1 aliphatic carbocycles. The van der Waals surface area contributed by atoms with Crippen LogP contribution in [0.5, 0.6) is 5.75 Å². The fourth-order valence-electron chi connectivity index (χ4n) is 3.03. The smallest absolute Gasteiger partial charge is 0.225 e. The van der Waals surface area contributed by atoms with Gasteiger partial charge >= 0.3 is 0 Å². The molecule has 0 radical (unpaired) electrons. The average Bonchev–Trinajstić information content (AvgIpc) is 2.46. The Hall–Kier alpha value is -2.10. The van der Waals surface area contributed by atoms with Crippen molar-refractivity contribution in [3.8, 4) is 5.75 Å². The van der Waals surface area contributed by atoms with Crippen molar-refractivity contribution in [2.24, 2.45) is 0 Å². The minimum Gasteiger partial charge on any atom is -0.497 e. The van der Waals surface area contributed by atoms with Gasteiger partial charge in [-0.05, 0) is 30.5 Å². The van der Waals surface area contributed by atoms with Crippen LogP contribution >= 0.6 is 0 Å². The van der Waals surface area contributed by atoms with Gasteiger partial charge in [0.05, 0.1) is 7.11 Å². The molecule has 0 saturated carbocycles. The van der Waals surface area contributed by atoms with Crippen LogP contribution in [0.4, 0.5) is 0 Å². The number of carbonyl (C=O) groups excluding carboxylic acids is 2. The van der Waals surface area contributed by atoms with Gasteiger partial charge in [0.1, 0.15) is 5.75 Å². The van der Waals surface area contributed by atoms with Crippen LogP contribution in [0.1, 0.15) is 37.2 Å². The molecule has 0 bridgehead atoms. The highest BCUT2D eigenvalue weighted by Crippen LogP contribution is 2.38. The Morgan fingerprint density at radius 3 is 2.60 bits per heavy atom. The summed E-state index contributed by atoms with van der Waals surface area (Å²) >= 11 is 0. The molecule has 4 heteroatoms. The van der Waals surface area contributed by atoms with E-state index in [2.05, 4.69) is 5.32 Å². The number of nitrogens with one attached hydrogen (secondary N) is 1. The fraction of sp³-hybridized carbons (Fsp3) is 0.375. The Morgan fingerprint density at radius 1 is 1.15 bits per heavy atom. The van der Waals surface area contributed by atoms with Crippen molar-refractivity contribution < 1.29 is 14.3 Å². The minimum absolute atomic E-state index is 0.000678.